The summed E-state index contributed by atoms with van der Waals surface area (Å²) in [4.78, 5) is 10.9. The first-order valence-electron chi connectivity index (χ1n) is 19.9. The highest BCUT2D eigenvalue weighted by molar-refractivity contribution is 6.24. The maximum atomic E-state index is 6.82. The zero-order valence-electron chi connectivity index (χ0n) is 31.6. The van der Waals surface area contributed by atoms with Gasteiger partial charge in [0.25, 0.3) is 0 Å². The summed E-state index contributed by atoms with van der Waals surface area (Å²) < 4.78 is 15.6. The maximum absolute atomic E-state index is 6.82. The summed E-state index contributed by atoms with van der Waals surface area (Å²) in [6.45, 7) is 0. The van der Waals surface area contributed by atoms with Crippen molar-refractivity contribution in [1.29, 1.82) is 0 Å². The largest absolute Gasteiger partial charge is 0.456 e. The number of nitrogens with zero attached hydrogens (tertiary/aromatic N) is 3. The van der Waals surface area contributed by atoms with Gasteiger partial charge in [0.15, 0.2) is 5.84 Å². The van der Waals surface area contributed by atoms with E-state index in [0.717, 1.165) is 88.1 Å². The molecule has 0 saturated carbocycles. The van der Waals surface area contributed by atoms with E-state index in [9.17, 15) is 0 Å². The van der Waals surface area contributed by atoms with Crippen LogP contribution in [0.3, 0.4) is 0 Å². The van der Waals surface area contributed by atoms with E-state index >= 15 is 0 Å². The van der Waals surface area contributed by atoms with E-state index in [0.29, 0.717) is 11.7 Å². The standard InChI is InChI=1S/C53H32N4O2/c1-2-15-33-28-45-41(27-32(33)14-1)36-18-5-8-23-44(36)57(45)34-29-42-37-19-6-9-24-46(37)59-50(42)43(30-34)53-55-51(38-21-11-16-31-13-3-4-17-35(31)38)54-52(56-53)40-22-12-26-48-49(40)39-20-7-10-25-47(39)58-48/h1-30,51H,(H,54,55,56). The lowest BCUT2D eigenvalue weighted by Gasteiger charge is -2.25. The van der Waals surface area contributed by atoms with E-state index < -0.39 is 6.17 Å². The van der Waals surface area contributed by atoms with E-state index in [2.05, 4.69) is 149 Å². The normalized spacial score (nSPS) is 14.6. The molecule has 13 rings (SSSR count). The van der Waals surface area contributed by atoms with E-state index in [1.165, 1.54) is 21.5 Å². The Morgan fingerprint density at radius 2 is 1.12 bits per heavy atom. The highest BCUT2D eigenvalue weighted by atomic mass is 16.3. The summed E-state index contributed by atoms with van der Waals surface area (Å²) in [5.41, 5.74) is 9.29. The molecule has 0 saturated heterocycles. The summed E-state index contributed by atoms with van der Waals surface area (Å²) in [6.07, 6.45) is -0.459. The van der Waals surface area contributed by atoms with Gasteiger partial charge < -0.3 is 18.7 Å². The van der Waals surface area contributed by atoms with Gasteiger partial charge >= 0.3 is 0 Å². The Kier molecular flexibility index (Phi) is 6.69. The zero-order valence-corrected chi connectivity index (χ0v) is 31.6. The molecule has 12 aromatic rings. The smallest absolute Gasteiger partial charge is 0.160 e. The van der Waals surface area contributed by atoms with Crippen LogP contribution in [0.2, 0.25) is 0 Å². The van der Waals surface area contributed by atoms with Crippen molar-refractivity contribution in [3.05, 3.63) is 199 Å². The van der Waals surface area contributed by atoms with Crippen LogP contribution < -0.4 is 5.32 Å². The molecule has 0 fully saturated rings. The van der Waals surface area contributed by atoms with Crippen LogP contribution in [0, 0.1) is 0 Å². The first-order valence-corrected chi connectivity index (χ1v) is 19.9. The predicted molar refractivity (Wildman–Crippen MR) is 242 cm³/mol. The molecule has 59 heavy (non-hydrogen) atoms. The molecule has 9 aromatic carbocycles. The molecule has 0 bridgehead atoms. The van der Waals surface area contributed by atoms with Crippen LogP contribution in [0.25, 0.3) is 92.9 Å². The Labute approximate surface area is 336 Å². The van der Waals surface area contributed by atoms with Gasteiger partial charge in [-0.2, -0.15) is 0 Å². The number of hydrogen-bond acceptors (Lipinski definition) is 5. The summed E-state index contributed by atoms with van der Waals surface area (Å²) in [5.74, 6) is 1.29. The van der Waals surface area contributed by atoms with Crippen LogP contribution in [0.15, 0.2) is 201 Å². The number of amidine groups is 2. The summed E-state index contributed by atoms with van der Waals surface area (Å²) >= 11 is 0. The minimum Gasteiger partial charge on any atom is -0.456 e. The van der Waals surface area contributed by atoms with E-state index in [-0.39, 0.29) is 0 Å². The number of benzene rings is 9. The van der Waals surface area contributed by atoms with Crippen LogP contribution in [-0.2, 0) is 0 Å². The SMILES string of the molecule is c1ccc2cc3c(cc2c1)c1ccccc1n3-c1cc(C2=NC(c3cccc4oc5ccccc5c34)=NC(c3cccc4ccccc34)N2)c2oc3ccccc3c2c1. The fourth-order valence-electron chi connectivity index (χ4n) is 9.37. The number of nitrogens with one attached hydrogen (secondary N) is 1. The van der Waals surface area contributed by atoms with Crippen molar-refractivity contribution in [3.63, 3.8) is 0 Å². The molecular formula is C53H32N4O2. The molecule has 0 radical (unpaired) electrons. The number of hydrogen-bond donors (Lipinski definition) is 1. The molecular weight excluding hydrogens is 725 g/mol. The van der Waals surface area contributed by atoms with Crippen molar-refractivity contribution < 1.29 is 8.83 Å². The lowest BCUT2D eigenvalue weighted by Crippen LogP contribution is -2.34. The van der Waals surface area contributed by atoms with E-state index in [1.54, 1.807) is 0 Å². The summed E-state index contributed by atoms with van der Waals surface area (Å²) in [7, 11) is 0. The zero-order chi connectivity index (χ0) is 38.6. The Bertz CT molecular complexity index is 3780. The fraction of sp³-hybridized carbons (Fsp3) is 0.0189. The Morgan fingerprint density at radius 3 is 1.98 bits per heavy atom. The van der Waals surface area contributed by atoms with Gasteiger partial charge in [0.2, 0.25) is 0 Å². The van der Waals surface area contributed by atoms with Crippen molar-refractivity contribution in [2.75, 3.05) is 0 Å². The second kappa shape index (κ2) is 12.3. The van der Waals surface area contributed by atoms with Gasteiger partial charge in [-0.15, -0.1) is 0 Å². The average molecular weight is 757 g/mol. The number of fused-ring (bicyclic) bond motifs is 11. The first-order chi connectivity index (χ1) is 29.2. The molecule has 6 nitrogen and oxygen atoms in total. The van der Waals surface area contributed by atoms with Crippen molar-refractivity contribution in [1.82, 2.24) is 9.88 Å². The van der Waals surface area contributed by atoms with Gasteiger partial charge in [0.05, 0.1) is 16.6 Å². The van der Waals surface area contributed by atoms with Gasteiger partial charge in [-0.3, -0.25) is 0 Å². The van der Waals surface area contributed by atoms with Crippen LogP contribution in [0.5, 0.6) is 0 Å². The molecule has 0 amide bonds. The molecule has 3 aromatic heterocycles. The van der Waals surface area contributed by atoms with E-state index in [4.69, 9.17) is 18.8 Å². The lowest BCUT2D eigenvalue weighted by atomic mass is 10.0. The minimum absolute atomic E-state index is 0.459. The third-order valence-electron chi connectivity index (χ3n) is 12.0. The van der Waals surface area contributed by atoms with Gasteiger partial charge in [-0.05, 0) is 70.1 Å². The third kappa shape index (κ3) is 4.80. The number of aromatic nitrogens is 1. The second-order valence-corrected chi connectivity index (χ2v) is 15.3. The molecule has 6 heteroatoms. The summed E-state index contributed by atoms with van der Waals surface area (Å²) in [5, 5.41) is 15.0. The molecule has 1 aliphatic heterocycles. The molecule has 0 aliphatic carbocycles. The molecule has 1 N–H and O–H groups in total. The van der Waals surface area contributed by atoms with Crippen LogP contribution in [0.4, 0.5) is 0 Å². The number of rotatable bonds is 4. The minimum atomic E-state index is -0.459. The van der Waals surface area contributed by atoms with Crippen molar-refractivity contribution in [3.8, 4) is 5.69 Å². The molecule has 276 valence electrons. The third-order valence-corrected chi connectivity index (χ3v) is 12.0. The molecule has 0 spiro atoms. The number of furan rings is 2. The van der Waals surface area contributed by atoms with Crippen LogP contribution in [0.1, 0.15) is 22.9 Å². The van der Waals surface area contributed by atoms with Gasteiger partial charge in [0, 0.05) is 49.1 Å². The average Bonchev–Trinajstić information content (AvgIpc) is 3.97. The Hall–Kier alpha value is -7.96. The Morgan fingerprint density at radius 1 is 0.458 bits per heavy atom. The quantitative estimate of drug-likeness (QED) is 0.194. The number of aliphatic imine (C=N–C) groups is 2. The topological polar surface area (TPSA) is 68.0 Å². The monoisotopic (exact) mass is 756 g/mol. The lowest BCUT2D eigenvalue weighted by molar-refractivity contribution is 0.661. The fourth-order valence-corrected chi connectivity index (χ4v) is 9.37. The Balaban J connectivity index is 1.11. The van der Waals surface area contributed by atoms with Crippen molar-refractivity contribution in [2.45, 2.75) is 6.17 Å². The van der Waals surface area contributed by atoms with Gasteiger partial charge in [-0.25, -0.2) is 9.98 Å². The van der Waals surface area contributed by atoms with Crippen molar-refractivity contribution >= 4 is 98.9 Å². The van der Waals surface area contributed by atoms with Crippen molar-refractivity contribution in [2.24, 2.45) is 9.98 Å². The number of para-hydroxylation sites is 3. The molecule has 4 heterocycles. The summed E-state index contributed by atoms with van der Waals surface area (Å²) in [6, 6.07) is 63.9. The maximum Gasteiger partial charge on any atom is 0.160 e. The molecule has 1 unspecified atom stereocenters. The van der Waals surface area contributed by atoms with Crippen LogP contribution in [-0.4, -0.2) is 16.2 Å². The van der Waals surface area contributed by atoms with Crippen LogP contribution >= 0.6 is 0 Å². The predicted octanol–water partition coefficient (Wildman–Crippen LogP) is 13.4. The molecule has 1 atom stereocenters. The van der Waals surface area contributed by atoms with Gasteiger partial charge in [0.1, 0.15) is 34.3 Å². The van der Waals surface area contributed by atoms with Gasteiger partial charge in [-0.1, -0.05) is 133 Å². The first kappa shape index (κ1) is 32.2. The van der Waals surface area contributed by atoms with E-state index in [1.807, 2.05) is 42.5 Å². The highest BCUT2D eigenvalue weighted by Crippen LogP contribution is 2.40. The highest BCUT2D eigenvalue weighted by Gasteiger charge is 2.28. The second-order valence-electron chi connectivity index (χ2n) is 15.3. The molecule has 1 aliphatic rings.